The van der Waals surface area contributed by atoms with Gasteiger partial charge >= 0.3 is 0 Å². The van der Waals surface area contributed by atoms with Gasteiger partial charge in [0.15, 0.2) is 0 Å². The van der Waals surface area contributed by atoms with E-state index in [1.54, 1.807) is 26.2 Å². The molecule has 0 aliphatic carbocycles. The predicted molar refractivity (Wildman–Crippen MR) is 65.6 cm³/mol. The molecule has 86 valence electrons. The highest BCUT2D eigenvalue weighted by molar-refractivity contribution is 5.81. The topological polar surface area (TPSA) is 26.3 Å². The van der Waals surface area contributed by atoms with E-state index in [9.17, 15) is 4.79 Å². The summed E-state index contributed by atoms with van der Waals surface area (Å²) in [5, 5.41) is 0. The van der Waals surface area contributed by atoms with Crippen molar-refractivity contribution in [2.75, 3.05) is 13.7 Å². The molecule has 0 saturated heterocycles. The van der Waals surface area contributed by atoms with E-state index in [2.05, 4.69) is 23.7 Å². The molecule has 0 radical (unpaired) electrons. The SMILES string of the molecule is COCC#C/C=C\C#CCC(C)(C)C(C)=O. The van der Waals surface area contributed by atoms with Crippen molar-refractivity contribution in [2.45, 2.75) is 27.2 Å². The Hall–Kier alpha value is -1.51. The zero-order chi connectivity index (χ0) is 12.4. The van der Waals surface area contributed by atoms with E-state index in [1.807, 2.05) is 13.8 Å². The van der Waals surface area contributed by atoms with Crippen molar-refractivity contribution in [3.8, 4) is 23.7 Å². The number of carbonyl (C=O) groups excluding carboxylic acids is 1. The summed E-state index contributed by atoms with van der Waals surface area (Å²) in [5.74, 6) is 11.5. The lowest BCUT2D eigenvalue weighted by Gasteiger charge is -2.16. The summed E-state index contributed by atoms with van der Waals surface area (Å²) in [7, 11) is 1.60. The number of Topliss-reactive ketones (excluding diaryl/α,β-unsaturated/α-hetero) is 1. The standard InChI is InChI=1S/C14H18O2/c1-13(15)14(2,3)11-9-7-5-6-8-10-12-16-4/h5-6H,11-12H2,1-4H3/b6-5-. The number of hydrogen-bond acceptors (Lipinski definition) is 2. The molecule has 0 fully saturated rings. The van der Waals surface area contributed by atoms with Crippen molar-refractivity contribution in [3.63, 3.8) is 0 Å². The average molecular weight is 218 g/mol. The minimum absolute atomic E-state index is 0.158. The Morgan fingerprint density at radius 3 is 2.31 bits per heavy atom. The maximum Gasteiger partial charge on any atom is 0.136 e. The minimum atomic E-state index is -0.359. The van der Waals surface area contributed by atoms with Crippen LogP contribution in [0.2, 0.25) is 0 Å². The summed E-state index contributed by atoms with van der Waals surface area (Å²) in [4.78, 5) is 11.2. The molecule has 0 aliphatic rings. The lowest BCUT2D eigenvalue weighted by molar-refractivity contribution is -0.124. The first-order valence-corrected chi connectivity index (χ1v) is 5.12. The van der Waals surface area contributed by atoms with Crippen LogP contribution in [0.5, 0.6) is 0 Å². The largest absolute Gasteiger partial charge is 0.372 e. The lowest BCUT2D eigenvalue weighted by Crippen LogP contribution is -2.20. The lowest BCUT2D eigenvalue weighted by atomic mass is 9.86. The molecule has 0 aliphatic heterocycles. The van der Waals surface area contributed by atoms with Gasteiger partial charge in [-0.3, -0.25) is 4.79 Å². The first kappa shape index (κ1) is 14.5. The summed E-state index contributed by atoms with van der Waals surface area (Å²) in [5.41, 5.74) is -0.359. The Labute approximate surface area is 98.1 Å². The number of carbonyl (C=O) groups is 1. The van der Waals surface area contributed by atoms with Gasteiger partial charge in [-0.15, -0.1) is 0 Å². The van der Waals surface area contributed by atoms with Gasteiger partial charge in [0.1, 0.15) is 12.4 Å². The summed E-state index contributed by atoms with van der Waals surface area (Å²) in [6, 6.07) is 0. The zero-order valence-corrected chi connectivity index (χ0v) is 10.4. The highest BCUT2D eigenvalue weighted by Crippen LogP contribution is 2.20. The Bertz CT molecular complexity index is 367. The molecule has 0 spiro atoms. The van der Waals surface area contributed by atoms with Gasteiger partial charge in [0, 0.05) is 18.9 Å². The van der Waals surface area contributed by atoms with E-state index < -0.39 is 0 Å². The molecular weight excluding hydrogens is 200 g/mol. The van der Waals surface area contributed by atoms with Crippen LogP contribution < -0.4 is 0 Å². The minimum Gasteiger partial charge on any atom is -0.372 e. The molecule has 0 heterocycles. The molecule has 0 amide bonds. The molecule has 0 N–H and O–H groups in total. The van der Waals surface area contributed by atoms with Crippen molar-refractivity contribution in [2.24, 2.45) is 5.41 Å². The van der Waals surface area contributed by atoms with Crippen LogP contribution in [0.3, 0.4) is 0 Å². The molecule has 2 heteroatoms. The highest BCUT2D eigenvalue weighted by Gasteiger charge is 2.21. The fraction of sp³-hybridized carbons (Fsp3) is 0.500. The van der Waals surface area contributed by atoms with Gasteiger partial charge in [-0.25, -0.2) is 0 Å². The number of allylic oxidation sites excluding steroid dienone is 2. The Balaban J connectivity index is 4.06. The quantitative estimate of drug-likeness (QED) is 0.679. The van der Waals surface area contributed by atoms with Crippen LogP contribution in [-0.4, -0.2) is 19.5 Å². The zero-order valence-electron chi connectivity index (χ0n) is 10.4. The summed E-state index contributed by atoms with van der Waals surface area (Å²) in [6.07, 6.45) is 3.92. The summed E-state index contributed by atoms with van der Waals surface area (Å²) in [6.45, 7) is 5.81. The molecule has 0 atom stereocenters. The van der Waals surface area contributed by atoms with Gasteiger partial charge in [-0.2, -0.15) is 0 Å². The first-order chi connectivity index (χ1) is 7.50. The van der Waals surface area contributed by atoms with E-state index in [-0.39, 0.29) is 11.2 Å². The number of hydrogen-bond donors (Lipinski definition) is 0. The molecule has 2 nitrogen and oxygen atoms in total. The van der Waals surface area contributed by atoms with E-state index in [0.29, 0.717) is 13.0 Å². The van der Waals surface area contributed by atoms with Gasteiger partial charge in [-0.1, -0.05) is 37.5 Å². The van der Waals surface area contributed by atoms with Crippen LogP contribution in [0.4, 0.5) is 0 Å². The number of ether oxygens (including phenoxy) is 1. The van der Waals surface area contributed by atoms with Crippen LogP contribution in [0, 0.1) is 29.1 Å². The molecule has 0 saturated carbocycles. The third kappa shape index (κ3) is 6.87. The molecular formula is C14H18O2. The Kier molecular flexibility index (Phi) is 7.01. The Morgan fingerprint density at radius 1 is 1.25 bits per heavy atom. The van der Waals surface area contributed by atoms with Crippen LogP contribution >= 0.6 is 0 Å². The summed E-state index contributed by atoms with van der Waals surface area (Å²) >= 11 is 0. The van der Waals surface area contributed by atoms with Crippen molar-refractivity contribution in [3.05, 3.63) is 12.2 Å². The maximum absolute atomic E-state index is 11.2. The predicted octanol–water partition coefficient (Wildman–Crippen LogP) is 2.20. The first-order valence-electron chi connectivity index (χ1n) is 5.12. The molecule has 16 heavy (non-hydrogen) atoms. The second-order valence-corrected chi connectivity index (χ2v) is 4.03. The third-order valence-electron chi connectivity index (χ3n) is 2.15. The van der Waals surface area contributed by atoms with Gasteiger partial charge in [0.2, 0.25) is 0 Å². The van der Waals surface area contributed by atoms with Gasteiger partial charge in [0.05, 0.1) is 0 Å². The van der Waals surface area contributed by atoms with E-state index >= 15 is 0 Å². The normalized spacial score (nSPS) is 10.2. The van der Waals surface area contributed by atoms with E-state index in [4.69, 9.17) is 4.74 Å². The average Bonchev–Trinajstić information content (AvgIpc) is 2.21. The van der Waals surface area contributed by atoms with Gasteiger partial charge in [0.25, 0.3) is 0 Å². The smallest absolute Gasteiger partial charge is 0.136 e. The molecule has 0 aromatic rings. The number of rotatable bonds is 3. The molecule has 0 unspecified atom stereocenters. The van der Waals surface area contributed by atoms with Crippen molar-refractivity contribution in [1.82, 2.24) is 0 Å². The maximum atomic E-state index is 11.2. The highest BCUT2D eigenvalue weighted by atomic mass is 16.5. The molecule has 0 aromatic heterocycles. The Morgan fingerprint density at radius 2 is 1.81 bits per heavy atom. The fourth-order valence-corrected chi connectivity index (χ4v) is 0.711. The third-order valence-corrected chi connectivity index (χ3v) is 2.15. The monoisotopic (exact) mass is 218 g/mol. The second kappa shape index (κ2) is 7.74. The van der Waals surface area contributed by atoms with Crippen molar-refractivity contribution < 1.29 is 9.53 Å². The van der Waals surface area contributed by atoms with E-state index in [0.717, 1.165) is 0 Å². The fourth-order valence-electron chi connectivity index (χ4n) is 0.711. The number of ketones is 1. The van der Waals surface area contributed by atoms with E-state index in [1.165, 1.54) is 0 Å². The number of methoxy groups -OCH3 is 1. The summed E-state index contributed by atoms with van der Waals surface area (Å²) < 4.78 is 4.76. The molecule has 0 aromatic carbocycles. The van der Waals surface area contributed by atoms with Crippen LogP contribution in [-0.2, 0) is 9.53 Å². The molecule has 0 bridgehead atoms. The molecule has 0 rings (SSSR count). The van der Waals surface area contributed by atoms with Crippen LogP contribution in [0.1, 0.15) is 27.2 Å². The second-order valence-electron chi connectivity index (χ2n) is 4.03. The van der Waals surface area contributed by atoms with Crippen LogP contribution in [0.25, 0.3) is 0 Å². The van der Waals surface area contributed by atoms with Crippen molar-refractivity contribution in [1.29, 1.82) is 0 Å². The van der Waals surface area contributed by atoms with Gasteiger partial charge in [-0.05, 0) is 19.1 Å². The van der Waals surface area contributed by atoms with Crippen molar-refractivity contribution >= 4 is 5.78 Å². The van der Waals surface area contributed by atoms with Crippen LogP contribution in [0.15, 0.2) is 12.2 Å². The van der Waals surface area contributed by atoms with Gasteiger partial charge < -0.3 is 4.74 Å².